The van der Waals surface area contributed by atoms with E-state index in [1.807, 2.05) is 0 Å². The van der Waals surface area contributed by atoms with Crippen molar-refractivity contribution in [3.05, 3.63) is 47.9 Å². The molecule has 3 N–H and O–H groups in total. The first kappa shape index (κ1) is 12.1. The Morgan fingerprint density at radius 2 is 2.10 bits per heavy atom. The molecule has 3 rings (SSSR count). The smallest absolute Gasteiger partial charge is 0.355 e. The van der Waals surface area contributed by atoms with Gasteiger partial charge >= 0.3 is 5.97 Å². The van der Waals surface area contributed by atoms with Crippen LogP contribution in [0.1, 0.15) is 10.5 Å². The molecule has 0 saturated heterocycles. The minimum atomic E-state index is -1.19. The van der Waals surface area contributed by atoms with Crippen LogP contribution in [0.15, 0.2) is 36.4 Å². The first-order chi connectivity index (χ1) is 9.56. The van der Waals surface area contributed by atoms with E-state index in [1.54, 1.807) is 18.2 Å². The zero-order valence-corrected chi connectivity index (χ0v) is 10.1. The number of aromatic carboxylic acids is 1. The highest BCUT2D eigenvalue weighted by atomic mass is 19.1. The van der Waals surface area contributed by atoms with Gasteiger partial charge < -0.3 is 10.8 Å². The molecular weight excluding hydrogens is 263 g/mol. The van der Waals surface area contributed by atoms with Gasteiger partial charge in [0.05, 0.1) is 0 Å². The Balaban J connectivity index is 2.35. The molecule has 100 valence electrons. The van der Waals surface area contributed by atoms with Crippen molar-refractivity contribution in [1.29, 1.82) is 0 Å². The minimum Gasteiger partial charge on any atom is -0.476 e. The second-order valence-corrected chi connectivity index (χ2v) is 4.15. The van der Waals surface area contributed by atoms with Crippen molar-refractivity contribution in [2.75, 3.05) is 5.73 Å². The zero-order valence-electron chi connectivity index (χ0n) is 10.1. The zero-order chi connectivity index (χ0) is 14.3. The van der Waals surface area contributed by atoms with Gasteiger partial charge in [0.15, 0.2) is 11.3 Å². The van der Waals surface area contributed by atoms with Crippen LogP contribution in [0.5, 0.6) is 0 Å². The van der Waals surface area contributed by atoms with Gasteiger partial charge in [0.25, 0.3) is 0 Å². The van der Waals surface area contributed by atoms with Gasteiger partial charge in [-0.2, -0.15) is 4.98 Å². The quantitative estimate of drug-likeness (QED) is 0.742. The molecule has 0 spiro atoms. The van der Waals surface area contributed by atoms with Crippen LogP contribution < -0.4 is 5.73 Å². The van der Waals surface area contributed by atoms with Crippen LogP contribution in [0.4, 0.5) is 10.3 Å². The predicted octanol–water partition coefficient (Wildman–Crippen LogP) is 1.82. The van der Waals surface area contributed by atoms with E-state index in [-0.39, 0.29) is 11.6 Å². The molecule has 2 heterocycles. The summed E-state index contributed by atoms with van der Waals surface area (Å²) in [4.78, 5) is 15.4. The highest BCUT2D eigenvalue weighted by Crippen LogP contribution is 2.25. The van der Waals surface area contributed by atoms with Crippen molar-refractivity contribution in [2.45, 2.75) is 0 Å². The number of fused-ring (bicyclic) bond motifs is 1. The summed E-state index contributed by atoms with van der Waals surface area (Å²) in [6.07, 6.45) is 0. The fourth-order valence-corrected chi connectivity index (χ4v) is 2.06. The van der Waals surface area contributed by atoms with Crippen LogP contribution in [0.25, 0.3) is 16.8 Å². The third kappa shape index (κ3) is 1.85. The summed E-state index contributed by atoms with van der Waals surface area (Å²) in [5, 5.41) is 13.2. The molecule has 7 heteroatoms. The molecule has 0 atom stereocenters. The standard InChI is InChI=1S/C13H9FN4O2/c14-8-3-1-2-7(6-8)9-4-5-10-16-13(15)17-18(10)11(9)12(19)20/h1-6H,(H2,15,17)(H,19,20). The van der Waals surface area contributed by atoms with Gasteiger partial charge in [-0.3, -0.25) is 0 Å². The Morgan fingerprint density at radius 1 is 1.30 bits per heavy atom. The second-order valence-electron chi connectivity index (χ2n) is 4.15. The predicted molar refractivity (Wildman–Crippen MR) is 69.8 cm³/mol. The van der Waals surface area contributed by atoms with Gasteiger partial charge in [-0.1, -0.05) is 12.1 Å². The Labute approximate surface area is 112 Å². The molecule has 6 nitrogen and oxygen atoms in total. The molecule has 0 aliphatic rings. The van der Waals surface area contributed by atoms with Crippen molar-refractivity contribution in [2.24, 2.45) is 0 Å². The largest absolute Gasteiger partial charge is 0.476 e. The van der Waals surface area contributed by atoms with Gasteiger partial charge in [0.1, 0.15) is 5.82 Å². The van der Waals surface area contributed by atoms with Crippen LogP contribution in [0, 0.1) is 5.82 Å². The molecule has 0 bridgehead atoms. The number of benzene rings is 1. The molecule has 0 aliphatic carbocycles. The molecule has 3 aromatic rings. The number of anilines is 1. The summed E-state index contributed by atoms with van der Waals surface area (Å²) in [6.45, 7) is 0. The number of aromatic nitrogens is 3. The monoisotopic (exact) mass is 272 g/mol. The van der Waals surface area contributed by atoms with E-state index < -0.39 is 11.8 Å². The second kappa shape index (κ2) is 4.30. The molecule has 20 heavy (non-hydrogen) atoms. The Kier molecular flexibility index (Phi) is 2.60. The molecule has 0 aliphatic heterocycles. The first-order valence-electron chi connectivity index (χ1n) is 5.71. The van der Waals surface area contributed by atoms with Gasteiger partial charge in [-0.25, -0.2) is 13.7 Å². The number of carbonyl (C=O) groups is 1. The number of hydrogen-bond donors (Lipinski definition) is 2. The highest BCUT2D eigenvalue weighted by molar-refractivity contribution is 5.95. The van der Waals surface area contributed by atoms with Gasteiger partial charge in [0, 0.05) is 5.56 Å². The molecule has 0 fully saturated rings. The topological polar surface area (TPSA) is 93.5 Å². The average Bonchev–Trinajstić information content (AvgIpc) is 2.77. The molecule has 0 saturated carbocycles. The number of halogens is 1. The van der Waals surface area contributed by atoms with Crippen molar-refractivity contribution in [3.63, 3.8) is 0 Å². The molecular formula is C13H9FN4O2. The summed E-state index contributed by atoms with van der Waals surface area (Å²) >= 11 is 0. The number of nitrogens with two attached hydrogens (primary N) is 1. The molecule has 1 aromatic carbocycles. The van der Waals surface area contributed by atoms with Crippen LogP contribution >= 0.6 is 0 Å². The van der Waals surface area contributed by atoms with Crippen molar-refractivity contribution in [3.8, 4) is 11.1 Å². The molecule has 0 unspecified atom stereocenters. The number of hydrogen-bond acceptors (Lipinski definition) is 4. The number of pyridine rings is 1. The molecule has 0 amide bonds. The molecule has 2 aromatic heterocycles. The lowest BCUT2D eigenvalue weighted by Gasteiger charge is -2.07. The Hall–Kier alpha value is -2.96. The fraction of sp³-hybridized carbons (Fsp3) is 0. The maximum Gasteiger partial charge on any atom is 0.355 e. The van der Waals surface area contributed by atoms with E-state index in [4.69, 9.17) is 5.73 Å². The summed E-state index contributed by atoms with van der Waals surface area (Å²) in [6, 6.07) is 8.81. The van der Waals surface area contributed by atoms with E-state index >= 15 is 0 Å². The van der Waals surface area contributed by atoms with Crippen LogP contribution in [0.3, 0.4) is 0 Å². The highest BCUT2D eigenvalue weighted by Gasteiger charge is 2.18. The maximum absolute atomic E-state index is 13.3. The van der Waals surface area contributed by atoms with E-state index in [0.717, 1.165) is 4.52 Å². The van der Waals surface area contributed by atoms with Crippen molar-refractivity contribution < 1.29 is 14.3 Å². The van der Waals surface area contributed by atoms with E-state index in [2.05, 4.69) is 10.1 Å². The summed E-state index contributed by atoms with van der Waals surface area (Å²) in [5.74, 6) is -1.67. The fourth-order valence-electron chi connectivity index (χ4n) is 2.06. The summed E-state index contributed by atoms with van der Waals surface area (Å²) in [5.41, 5.74) is 6.47. The van der Waals surface area contributed by atoms with Crippen molar-refractivity contribution >= 4 is 17.6 Å². The number of rotatable bonds is 2. The molecule has 0 radical (unpaired) electrons. The van der Waals surface area contributed by atoms with Crippen LogP contribution in [-0.2, 0) is 0 Å². The van der Waals surface area contributed by atoms with Crippen molar-refractivity contribution in [1.82, 2.24) is 14.6 Å². The number of carboxylic acids is 1. The van der Waals surface area contributed by atoms with E-state index in [1.165, 1.54) is 18.2 Å². The summed E-state index contributed by atoms with van der Waals surface area (Å²) in [7, 11) is 0. The number of nitrogens with zero attached hydrogens (tertiary/aromatic N) is 3. The third-order valence-electron chi connectivity index (χ3n) is 2.85. The number of nitrogen functional groups attached to an aromatic ring is 1. The minimum absolute atomic E-state index is 0.0242. The average molecular weight is 272 g/mol. The van der Waals surface area contributed by atoms with Gasteiger partial charge in [-0.15, -0.1) is 5.10 Å². The van der Waals surface area contributed by atoms with E-state index in [9.17, 15) is 14.3 Å². The normalized spacial score (nSPS) is 10.8. The van der Waals surface area contributed by atoms with Crippen LogP contribution in [0.2, 0.25) is 0 Å². The van der Waals surface area contributed by atoms with E-state index in [0.29, 0.717) is 16.8 Å². The lowest BCUT2D eigenvalue weighted by molar-refractivity contribution is 0.0688. The van der Waals surface area contributed by atoms with Gasteiger partial charge in [0.2, 0.25) is 5.95 Å². The Morgan fingerprint density at radius 3 is 2.80 bits per heavy atom. The van der Waals surface area contributed by atoms with Gasteiger partial charge in [-0.05, 0) is 29.8 Å². The first-order valence-corrected chi connectivity index (χ1v) is 5.71. The third-order valence-corrected chi connectivity index (χ3v) is 2.85. The lowest BCUT2D eigenvalue weighted by atomic mass is 10.0. The summed E-state index contributed by atoms with van der Waals surface area (Å²) < 4.78 is 14.4. The van der Waals surface area contributed by atoms with Crippen LogP contribution in [-0.4, -0.2) is 25.7 Å². The number of carboxylic acid groups (broad SMARTS) is 1. The lowest BCUT2D eigenvalue weighted by Crippen LogP contribution is -2.09. The Bertz CT molecular complexity index is 828. The SMILES string of the molecule is Nc1nc2ccc(-c3cccc(F)c3)c(C(=O)O)n2n1. The maximum atomic E-state index is 13.3.